The van der Waals surface area contributed by atoms with E-state index >= 15 is 0 Å². The Morgan fingerprint density at radius 2 is 2.00 bits per heavy atom. The molecule has 5 heteroatoms. The Morgan fingerprint density at radius 1 is 1.35 bits per heavy atom. The predicted octanol–water partition coefficient (Wildman–Crippen LogP) is 2.48. The monoisotopic (exact) mass is 340 g/mol. The summed E-state index contributed by atoms with van der Waals surface area (Å²) >= 11 is 3.53. The number of rotatable bonds is 4. The third-order valence-electron chi connectivity index (χ3n) is 4.13. The highest BCUT2D eigenvalue weighted by Crippen LogP contribution is 2.25. The number of aromatic nitrogens is 1. The highest BCUT2D eigenvalue weighted by atomic mass is 79.9. The summed E-state index contributed by atoms with van der Waals surface area (Å²) < 4.78 is 1.05. The van der Waals surface area contributed by atoms with Crippen molar-refractivity contribution in [2.75, 3.05) is 31.6 Å². The lowest BCUT2D eigenvalue weighted by atomic mass is 10.1. The lowest BCUT2D eigenvalue weighted by Gasteiger charge is -2.43. The Morgan fingerprint density at radius 3 is 2.60 bits per heavy atom. The third-order valence-corrected chi connectivity index (χ3v) is 4.57. The van der Waals surface area contributed by atoms with Crippen molar-refractivity contribution in [1.29, 1.82) is 0 Å². The summed E-state index contributed by atoms with van der Waals surface area (Å²) in [6.45, 7) is 10.6. The summed E-state index contributed by atoms with van der Waals surface area (Å²) in [5, 5.41) is 3.40. The summed E-state index contributed by atoms with van der Waals surface area (Å²) in [6.07, 6.45) is 1.90. The molecule has 0 radical (unpaired) electrons. The van der Waals surface area contributed by atoms with Crippen molar-refractivity contribution in [3.05, 3.63) is 22.3 Å². The van der Waals surface area contributed by atoms with Gasteiger partial charge in [-0.05, 0) is 49.4 Å². The molecule has 1 aromatic heterocycles. The van der Waals surface area contributed by atoms with Crippen molar-refractivity contribution in [2.24, 2.45) is 0 Å². The molecule has 0 aliphatic carbocycles. The summed E-state index contributed by atoms with van der Waals surface area (Å²) in [5.41, 5.74) is 1.27. The summed E-state index contributed by atoms with van der Waals surface area (Å²) in [5.74, 6) is 1.13. The van der Waals surface area contributed by atoms with Crippen molar-refractivity contribution in [1.82, 2.24) is 15.2 Å². The first-order valence-electron chi connectivity index (χ1n) is 7.35. The number of likely N-dealkylation sites (N-methyl/N-ethyl adjacent to an activating group) is 1. The first-order valence-corrected chi connectivity index (χ1v) is 8.14. The van der Waals surface area contributed by atoms with E-state index in [1.165, 1.54) is 5.56 Å². The quantitative estimate of drug-likeness (QED) is 0.912. The molecule has 1 aliphatic rings. The van der Waals surface area contributed by atoms with E-state index in [0.717, 1.165) is 36.5 Å². The zero-order valence-corrected chi connectivity index (χ0v) is 14.4. The molecular formula is C15H25BrN4. The van der Waals surface area contributed by atoms with Gasteiger partial charge in [0.25, 0.3) is 0 Å². The van der Waals surface area contributed by atoms with Crippen molar-refractivity contribution in [3.63, 3.8) is 0 Å². The second kappa shape index (κ2) is 6.87. The van der Waals surface area contributed by atoms with Crippen LogP contribution in [0, 0.1) is 0 Å². The number of hydrogen-bond donors (Lipinski definition) is 1. The molecule has 1 aliphatic heterocycles. The largest absolute Gasteiger partial charge is 0.353 e. The van der Waals surface area contributed by atoms with E-state index in [1.54, 1.807) is 0 Å². The Balaban J connectivity index is 2.23. The fourth-order valence-electron chi connectivity index (χ4n) is 2.73. The predicted molar refractivity (Wildman–Crippen MR) is 88.2 cm³/mol. The lowest BCUT2D eigenvalue weighted by Crippen LogP contribution is -2.55. The molecule has 0 amide bonds. The fourth-order valence-corrected chi connectivity index (χ4v) is 3.10. The van der Waals surface area contributed by atoms with E-state index in [-0.39, 0.29) is 0 Å². The van der Waals surface area contributed by atoms with Crippen LogP contribution < -0.4 is 10.2 Å². The maximum atomic E-state index is 4.67. The standard InChI is InChI=1S/C15H25BrN4/c1-5-17-7-13-6-14(16)8-18-15(13)20-9-11(2)19(4)12(3)10-20/h6,8,11-12,17H,5,7,9-10H2,1-4H3. The van der Waals surface area contributed by atoms with Crippen LogP contribution in [0.25, 0.3) is 0 Å². The minimum Gasteiger partial charge on any atom is -0.353 e. The van der Waals surface area contributed by atoms with Crippen LogP contribution in [0.5, 0.6) is 0 Å². The Hall–Kier alpha value is -0.650. The van der Waals surface area contributed by atoms with Crippen LogP contribution in [-0.4, -0.2) is 48.6 Å². The first kappa shape index (κ1) is 15.7. The number of halogens is 1. The first-order chi connectivity index (χ1) is 9.52. The topological polar surface area (TPSA) is 31.4 Å². The fraction of sp³-hybridized carbons (Fsp3) is 0.667. The van der Waals surface area contributed by atoms with Crippen molar-refractivity contribution in [2.45, 2.75) is 39.4 Å². The molecule has 1 aromatic rings. The molecular weight excluding hydrogens is 316 g/mol. The summed E-state index contributed by atoms with van der Waals surface area (Å²) in [7, 11) is 2.21. The van der Waals surface area contributed by atoms with E-state index in [2.05, 4.69) is 69.9 Å². The van der Waals surface area contributed by atoms with Gasteiger partial charge in [0.15, 0.2) is 0 Å². The van der Waals surface area contributed by atoms with Crippen LogP contribution in [0.1, 0.15) is 26.3 Å². The third kappa shape index (κ3) is 3.51. The van der Waals surface area contributed by atoms with Crippen LogP contribution in [0.3, 0.4) is 0 Å². The molecule has 2 unspecified atom stereocenters. The van der Waals surface area contributed by atoms with Gasteiger partial charge in [0.05, 0.1) is 0 Å². The van der Waals surface area contributed by atoms with E-state index in [9.17, 15) is 0 Å². The second-order valence-corrected chi connectivity index (χ2v) is 6.60. The number of anilines is 1. The van der Waals surface area contributed by atoms with Gasteiger partial charge in [-0.25, -0.2) is 4.98 Å². The van der Waals surface area contributed by atoms with Crippen LogP contribution >= 0.6 is 15.9 Å². The van der Waals surface area contributed by atoms with Crippen molar-refractivity contribution >= 4 is 21.7 Å². The van der Waals surface area contributed by atoms with Gasteiger partial charge in [-0.2, -0.15) is 0 Å². The molecule has 1 fully saturated rings. The molecule has 0 spiro atoms. The smallest absolute Gasteiger partial charge is 0.133 e. The summed E-state index contributed by atoms with van der Waals surface area (Å²) in [6, 6.07) is 3.28. The molecule has 0 bridgehead atoms. The molecule has 1 saturated heterocycles. The molecule has 2 atom stereocenters. The number of hydrogen-bond acceptors (Lipinski definition) is 4. The van der Waals surface area contributed by atoms with Crippen LogP contribution in [-0.2, 0) is 6.54 Å². The number of piperazine rings is 1. The zero-order chi connectivity index (χ0) is 14.7. The van der Waals surface area contributed by atoms with Gasteiger partial charge in [0, 0.05) is 48.0 Å². The van der Waals surface area contributed by atoms with E-state index in [0.29, 0.717) is 12.1 Å². The lowest BCUT2D eigenvalue weighted by molar-refractivity contribution is 0.169. The molecule has 0 saturated carbocycles. The maximum Gasteiger partial charge on any atom is 0.133 e. The van der Waals surface area contributed by atoms with Crippen LogP contribution in [0.2, 0.25) is 0 Å². The molecule has 20 heavy (non-hydrogen) atoms. The molecule has 2 heterocycles. The Bertz CT molecular complexity index is 439. The normalized spacial score (nSPS) is 24.1. The summed E-state index contributed by atoms with van der Waals surface area (Å²) in [4.78, 5) is 9.54. The number of nitrogens with zero attached hydrogens (tertiary/aromatic N) is 3. The van der Waals surface area contributed by atoms with Gasteiger partial charge in [-0.3, -0.25) is 4.90 Å². The van der Waals surface area contributed by atoms with Crippen LogP contribution in [0.15, 0.2) is 16.7 Å². The molecule has 112 valence electrons. The Labute approximate surface area is 130 Å². The second-order valence-electron chi connectivity index (χ2n) is 5.69. The maximum absolute atomic E-state index is 4.67. The highest BCUT2D eigenvalue weighted by Gasteiger charge is 2.28. The van der Waals surface area contributed by atoms with Crippen molar-refractivity contribution < 1.29 is 0 Å². The molecule has 1 N–H and O–H groups in total. The average Bonchev–Trinajstić information content (AvgIpc) is 2.42. The van der Waals surface area contributed by atoms with Gasteiger partial charge in [-0.15, -0.1) is 0 Å². The average molecular weight is 341 g/mol. The van der Waals surface area contributed by atoms with Gasteiger partial charge in [-0.1, -0.05) is 6.92 Å². The SMILES string of the molecule is CCNCc1cc(Br)cnc1N1CC(C)N(C)C(C)C1. The van der Waals surface area contributed by atoms with E-state index in [4.69, 9.17) is 0 Å². The molecule has 4 nitrogen and oxygen atoms in total. The van der Waals surface area contributed by atoms with Gasteiger partial charge in [0.2, 0.25) is 0 Å². The van der Waals surface area contributed by atoms with Gasteiger partial charge >= 0.3 is 0 Å². The molecule has 0 aromatic carbocycles. The van der Waals surface area contributed by atoms with Gasteiger partial charge in [0.1, 0.15) is 5.82 Å². The minimum absolute atomic E-state index is 0.552. The zero-order valence-electron chi connectivity index (χ0n) is 12.9. The number of pyridine rings is 1. The van der Waals surface area contributed by atoms with E-state index < -0.39 is 0 Å². The van der Waals surface area contributed by atoms with Gasteiger partial charge < -0.3 is 10.2 Å². The van der Waals surface area contributed by atoms with Crippen LogP contribution in [0.4, 0.5) is 5.82 Å². The Kier molecular flexibility index (Phi) is 5.41. The molecule has 2 rings (SSSR count). The van der Waals surface area contributed by atoms with Crippen molar-refractivity contribution in [3.8, 4) is 0 Å². The number of nitrogens with one attached hydrogen (secondary N) is 1. The highest BCUT2D eigenvalue weighted by molar-refractivity contribution is 9.10. The minimum atomic E-state index is 0.552. The van der Waals surface area contributed by atoms with E-state index in [1.807, 2.05) is 6.20 Å².